The van der Waals surface area contributed by atoms with Gasteiger partial charge in [0.05, 0.1) is 23.3 Å². The van der Waals surface area contributed by atoms with Gasteiger partial charge < -0.3 is 15.4 Å². The van der Waals surface area contributed by atoms with Gasteiger partial charge in [0.2, 0.25) is 11.8 Å². The Hall–Kier alpha value is -3.13. The number of thioether (sulfide) groups is 1. The van der Waals surface area contributed by atoms with Crippen LogP contribution in [0.3, 0.4) is 0 Å². The van der Waals surface area contributed by atoms with Crippen molar-refractivity contribution in [2.75, 3.05) is 17.2 Å². The molecule has 0 spiro atoms. The molecule has 2 aliphatic rings. The number of para-hydroxylation sites is 1. The lowest BCUT2D eigenvalue weighted by Crippen LogP contribution is -2.31. The molecule has 2 N–H and O–H groups in total. The Morgan fingerprint density at radius 1 is 1.03 bits per heavy atom. The van der Waals surface area contributed by atoms with E-state index >= 15 is 0 Å². The Morgan fingerprint density at radius 3 is 2.62 bits per heavy atom. The molecule has 29 heavy (non-hydrogen) atoms. The fourth-order valence-corrected chi connectivity index (χ4v) is 4.35. The average molecular weight is 410 g/mol. The van der Waals surface area contributed by atoms with Gasteiger partial charge in [-0.05, 0) is 42.8 Å². The molecule has 0 radical (unpaired) electrons. The fraction of sp³-hybridized carbons (Fsp3) is 0.238. The zero-order valence-electron chi connectivity index (χ0n) is 15.6. The highest BCUT2D eigenvalue weighted by molar-refractivity contribution is 8.01. The number of fused-ring (bicyclic) bond motifs is 2. The van der Waals surface area contributed by atoms with Crippen LogP contribution in [0.1, 0.15) is 35.2 Å². The molecule has 0 saturated carbocycles. The van der Waals surface area contributed by atoms with Crippen LogP contribution in [0, 0.1) is 0 Å². The highest BCUT2D eigenvalue weighted by Crippen LogP contribution is 2.36. The van der Waals surface area contributed by atoms with Crippen molar-refractivity contribution in [3.8, 4) is 0 Å². The molecule has 0 fully saturated rings. The first-order chi connectivity index (χ1) is 13.9. The zero-order valence-corrected chi connectivity index (χ0v) is 16.4. The van der Waals surface area contributed by atoms with E-state index in [4.69, 9.17) is 4.74 Å². The summed E-state index contributed by atoms with van der Waals surface area (Å²) in [6, 6.07) is 12.3. The molecule has 2 aromatic carbocycles. The molecular formula is C21H18N2O5S. The number of hydrogen-bond acceptors (Lipinski definition) is 6. The van der Waals surface area contributed by atoms with Crippen LogP contribution >= 0.6 is 11.8 Å². The lowest BCUT2D eigenvalue weighted by molar-refractivity contribution is -0.143. The summed E-state index contributed by atoms with van der Waals surface area (Å²) in [6.07, 6.45) is -0.127. The van der Waals surface area contributed by atoms with Crippen LogP contribution in [-0.2, 0) is 19.1 Å². The molecule has 0 bridgehead atoms. The van der Waals surface area contributed by atoms with Crippen LogP contribution in [0.5, 0.6) is 0 Å². The predicted octanol–water partition coefficient (Wildman–Crippen LogP) is 2.97. The van der Waals surface area contributed by atoms with Crippen molar-refractivity contribution in [3.05, 3.63) is 53.6 Å². The second-order valence-electron chi connectivity index (χ2n) is 6.89. The van der Waals surface area contributed by atoms with Crippen molar-refractivity contribution in [3.63, 3.8) is 0 Å². The normalized spacial score (nSPS) is 19.6. The van der Waals surface area contributed by atoms with E-state index in [1.165, 1.54) is 11.8 Å². The number of benzene rings is 2. The van der Waals surface area contributed by atoms with Gasteiger partial charge in [-0.25, -0.2) is 0 Å². The molecule has 0 aliphatic carbocycles. The monoisotopic (exact) mass is 410 g/mol. The van der Waals surface area contributed by atoms with Gasteiger partial charge in [0.25, 0.3) is 0 Å². The van der Waals surface area contributed by atoms with Crippen LogP contribution in [-0.4, -0.2) is 35.4 Å². The average Bonchev–Trinajstić information content (AvgIpc) is 3.00. The minimum atomic E-state index is -0.614. The van der Waals surface area contributed by atoms with Gasteiger partial charge in [-0.2, -0.15) is 0 Å². The van der Waals surface area contributed by atoms with E-state index in [1.807, 2.05) is 18.2 Å². The highest BCUT2D eigenvalue weighted by atomic mass is 32.2. The molecular weight excluding hydrogens is 392 g/mol. The van der Waals surface area contributed by atoms with Gasteiger partial charge in [0, 0.05) is 16.1 Å². The Bertz CT molecular complexity index is 1040. The number of hydrogen-bond donors (Lipinski definition) is 2. The highest BCUT2D eigenvalue weighted by Gasteiger charge is 2.30. The van der Waals surface area contributed by atoms with Crippen LogP contribution < -0.4 is 10.6 Å². The number of esters is 1. The third kappa shape index (κ3) is 3.88. The molecule has 2 atom stereocenters. The minimum Gasteiger partial charge on any atom is -0.457 e. The van der Waals surface area contributed by atoms with Crippen molar-refractivity contribution < 1.29 is 23.9 Å². The van der Waals surface area contributed by atoms with Gasteiger partial charge in [0.1, 0.15) is 0 Å². The van der Waals surface area contributed by atoms with Crippen LogP contribution in [0.4, 0.5) is 11.4 Å². The fourth-order valence-electron chi connectivity index (χ4n) is 3.26. The van der Waals surface area contributed by atoms with Gasteiger partial charge >= 0.3 is 5.97 Å². The molecule has 2 heterocycles. The summed E-state index contributed by atoms with van der Waals surface area (Å²) in [5.74, 6) is -1.68. The largest absolute Gasteiger partial charge is 0.457 e. The quantitative estimate of drug-likeness (QED) is 0.580. The summed E-state index contributed by atoms with van der Waals surface area (Å²) in [5, 5.41) is 4.91. The number of ether oxygens (including phenoxy) is 1. The molecule has 148 valence electrons. The minimum absolute atomic E-state index is 0.110. The maximum atomic E-state index is 12.4. The zero-order chi connectivity index (χ0) is 20.5. The van der Waals surface area contributed by atoms with Gasteiger partial charge in [-0.3, -0.25) is 19.2 Å². The second kappa shape index (κ2) is 7.71. The smallest absolute Gasteiger partial charge is 0.307 e. The number of rotatable bonds is 5. The van der Waals surface area contributed by atoms with E-state index in [-0.39, 0.29) is 29.9 Å². The molecule has 2 aromatic rings. The molecule has 8 heteroatoms. The van der Waals surface area contributed by atoms with E-state index in [1.54, 1.807) is 31.2 Å². The first-order valence-corrected chi connectivity index (χ1v) is 10.0. The third-order valence-corrected chi connectivity index (χ3v) is 6.19. The summed E-state index contributed by atoms with van der Waals surface area (Å²) in [7, 11) is 0. The topological polar surface area (TPSA) is 102 Å². The number of ketones is 1. The van der Waals surface area contributed by atoms with Crippen molar-refractivity contribution in [2.24, 2.45) is 0 Å². The van der Waals surface area contributed by atoms with E-state index in [0.717, 1.165) is 16.1 Å². The number of nitrogens with one attached hydrogen (secondary N) is 2. The third-order valence-electron chi connectivity index (χ3n) is 4.91. The van der Waals surface area contributed by atoms with E-state index in [9.17, 15) is 19.2 Å². The SMILES string of the molecule is C[C@H]1C(=O)Nc2ccc(C(=O)COC(=O)C[C@@H]3Sc4ccccc4NC3=O)cc21. The lowest BCUT2D eigenvalue weighted by Gasteiger charge is -2.23. The first kappa shape index (κ1) is 19.2. The van der Waals surface area contributed by atoms with Crippen LogP contribution in [0.2, 0.25) is 0 Å². The lowest BCUT2D eigenvalue weighted by atomic mass is 9.99. The second-order valence-corrected chi connectivity index (χ2v) is 8.14. The van der Waals surface area contributed by atoms with Crippen LogP contribution in [0.25, 0.3) is 0 Å². The maximum absolute atomic E-state index is 12.4. The van der Waals surface area contributed by atoms with Gasteiger partial charge in [-0.1, -0.05) is 12.1 Å². The van der Waals surface area contributed by atoms with Crippen molar-refractivity contribution >= 4 is 46.7 Å². The number of carbonyl (C=O) groups is 4. The first-order valence-electron chi connectivity index (χ1n) is 9.12. The standard InChI is InChI=1S/C21H18N2O5S/c1-11-13-8-12(6-7-14(13)22-20(11)26)16(24)10-28-19(25)9-18-21(27)23-15-4-2-3-5-17(15)29-18/h2-8,11,18H,9-10H2,1H3,(H,22,26)(H,23,27)/t11-,18+/m1/s1. The molecule has 7 nitrogen and oxygen atoms in total. The molecule has 0 aromatic heterocycles. The van der Waals surface area contributed by atoms with E-state index < -0.39 is 17.8 Å². The van der Waals surface area contributed by atoms with Crippen molar-refractivity contribution in [1.82, 2.24) is 0 Å². The van der Waals surface area contributed by atoms with Crippen LogP contribution in [0.15, 0.2) is 47.4 Å². The van der Waals surface area contributed by atoms with Crippen molar-refractivity contribution in [2.45, 2.75) is 29.4 Å². The Balaban J connectivity index is 1.34. The van der Waals surface area contributed by atoms with Gasteiger partial charge in [0.15, 0.2) is 12.4 Å². The number of Topliss-reactive ketones (excluding diaryl/α,β-unsaturated/α-hetero) is 1. The Kier molecular flexibility index (Phi) is 5.10. The molecule has 4 rings (SSSR count). The summed E-state index contributed by atoms with van der Waals surface area (Å²) in [6.45, 7) is 1.35. The molecule has 2 amide bonds. The van der Waals surface area contributed by atoms with E-state index in [2.05, 4.69) is 10.6 Å². The summed E-state index contributed by atoms with van der Waals surface area (Å²) in [5.41, 5.74) is 2.54. The number of carbonyl (C=O) groups excluding carboxylic acids is 4. The summed E-state index contributed by atoms with van der Waals surface area (Å²) >= 11 is 1.30. The Morgan fingerprint density at radius 2 is 1.79 bits per heavy atom. The summed E-state index contributed by atoms with van der Waals surface area (Å²) < 4.78 is 5.10. The molecule has 0 unspecified atom stereocenters. The number of anilines is 2. The molecule has 2 aliphatic heterocycles. The van der Waals surface area contributed by atoms with Crippen molar-refractivity contribution in [1.29, 1.82) is 0 Å². The van der Waals surface area contributed by atoms with Gasteiger partial charge in [-0.15, -0.1) is 11.8 Å². The predicted molar refractivity (Wildman–Crippen MR) is 108 cm³/mol. The Labute approximate surface area is 171 Å². The maximum Gasteiger partial charge on any atom is 0.307 e. The van der Waals surface area contributed by atoms with E-state index in [0.29, 0.717) is 11.3 Å². The summed E-state index contributed by atoms with van der Waals surface area (Å²) in [4.78, 5) is 49.3. The number of amides is 2. The molecule has 0 saturated heterocycles.